The molecule has 1 aromatic rings. The molecule has 1 atom stereocenters. The third-order valence-electron chi connectivity index (χ3n) is 2.82. The fraction of sp³-hybridized carbons (Fsp3) is 0.429. The summed E-state index contributed by atoms with van der Waals surface area (Å²) in [6.45, 7) is 0.280. The highest BCUT2D eigenvalue weighted by Crippen LogP contribution is 2.21. The minimum absolute atomic E-state index is 0. The number of ether oxygens (including phenoxy) is 1. The summed E-state index contributed by atoms with van der Waals surface area (Å²) < 4.78 is 4.67. The van der Waals surface area contributed by atoms with E-state index in [9.17, 15) is 9.59 Å². The number of amides is 1. The highest BCUT2D eigenvalue weighted by Gasteiger charge is 2.18. The van der Waals surface area contributed by atoms with Crippen LogP contribution in [0.4, 0.5) is 0 Å². The van der Waals surface area contributed by atoms with Gasteiger partial charge < -0.3 is 15.8 Å². The minimum atomic E-state index is -0.391. The molecule has 1 aromatic carbocycles. The van der Waals surface area contributed by atoms with Gasteiger partial charge in [0.15, 0.2) is 0 Å². The van der Waals surface area contributed by atoms with Crippen molar-refractivity contribution in [2.45, 2.75) is 23.8 Å². The van der Waals surface area contributed by atoms with E-state index < -0.39 is 6.04 Å². The van der Waals surface area contributed by atoms with Crippen LogP contribution in [0.25, 0.3) is 0 Å². The summed E-state index contributed by atoms with van der Waals surface area (Å²) in [5.41, 5.74) is 6.23. The van der Waals surface area contributed by atoms with E-state index in [0.717, 1.165) is 10.5 Å². The van der Waals surface area contributed by atoms with Crippen molar-refractivity contribution in [1.82, 2.24) is 5.32 Å². The maximum atomic E-state index is 11.7. The number of carbonyl (C=O) groups is 2. The molecule has 0 bridgehead atoms. The summed E-state index contributed by atoms with van der Waals surface area (Å²) in [4.78, 5) is 24.3. The summed E-state index contributed by atoms with van der Waals surface area (Å²) >= 11 is 1.63. The number of rotatable bonds is 7. The van der Waals surface area contributed by atoms with Gasteiger partial charge in [0.2, 0.25) is 5.91 Å². The molecule has 7 heteroatoms. The molecule has 0 heterocycles. The van der Waals surface area contributed by atoms with Crippen LogP contribution in [0.1, 0.15) is 24.4 Å². The van der Waals surface area contributed by atoms with E-state index in [2.05, 4.69) is 10.1 Å². The van der Waals surface area contributed by atoms with Crippen molar-refractivity contribution in [3.05, 3.63) is 29.8 Å². The van der Waals surface area contributed by atoms with E-state index in [1.54, 1.807) is 11.8 Å². The lowest BCUT2D eigenvalue weighted by atomic mass is 10.0. The molecule has 1 unspecified atom stereocenters. The van der Waals surface area contributed by atoms with Crippen LogP contribution >= 0.6 is 24.2 Å². The second kappa shape index (κ2) is 10.5. The minimum Gasteiger partial charge on any atom is -0.469 e. The molecule has 118 valence electrons. The Morgan fingerprint density at radius 3 is 2.43 bits per heavy atom. The number of hydrogen-bond donors (Lipinski definition) is 2. The molecule has 0 aromatic heterocycles. The van der Waals surface area contributed by atoms with Gasteiger partial charge in [0, 0.05) is 17.9 Å². The second-order valence-corrected chi connectivity index (χ2v) is 5.09. The van der Waals surface area contributed by atoms with Crippen molar-refractivity contribution in [2.75, 3.05) is 19.9 Å². The number of esters is 1. The fourth-order valence-corrected chi connectivity index (χ4v) is 2.14. The molecule has 0 radical (unpaired) electrons. The normalized spacial score (nSPS) is 11.2. The molecule has 0 aliphatic carbocycles. The first-order valence-corrected chi connectivity index (χ1v) is 7.53. The molecule has 0 saturated heterocycles. The maximum absolute atomic E-state index is 11.7. The van der Waals surface area contributed by atoms with Gasteiger partial charge in [-0.15, -0.1) is 24.2 Å². The summed E-state index contributed by atoms with van der Waals surface area (Å²) in [5, 5.41) is 2.81. The predicted molar refractivity (Wildman–Crippen MR) is 86.7 cm³/mol. The smallest absolute Gasteiger partial charge is 0.307 e. The summed E-state index contributed by atoms with van der Waals surface area (Å²) in [5.74, 6) is -0.535. The maximum Gasteiger partial charge on any atom is 0.307 e. The zero-order valence-electron chi connectivity index (χ0n) is 12.1. The lowest BCUT2D eigenvalue weighted by Gasteiger charge is -2.18. The van der Waals surface area contributed by atoms with Crippen LogP contribution in [0.5, 0.6) is 0 Å². The number of carbonyl (C=O) groups excluding carboxylic acids is 2. The van der Waals surface area contributed by atoms with Gasteiger partial charge in [0.1, 0.15) is 0 Å². The fourth-order valence-electron chi connectivity index (χ4n) is 1.74. The first kappa shape index (κ1) is 19.8. The Hall–Kier alpha value is -1.24. The number of hydrogen-bond acceptors (Lipinski definition) is 5. The van der Waals surface area contributed by atoms with Gasteiger partial charge in [0.05, 0.1) is 19.6 Å². The molecule has 3 N–H and O–H groups in total. The quantitative estimate of drug-likeness (QED) is 0.588. The Kier molecular flexibility index (Phi) is 9.86. The van der Waals surface area contributed by atoms with Crippen molar-refractivity contribution in [1.29, 1.82) is 0 Å². The molecule has 0 aliphatic heterocycles. The van der Waals surface area contributed by atoms with Crippen molar-refractivity contribution in [3.8, 4) is 0 Å². The highest BCUT2D eigenvalue weighted by molar-refractivity contribution is 7.98. The van der Waals surface area contributed by atoms with Gasteiger partial charge in [0.25, 0.3) is 0 Å². The Morgan fingerprint density at radius 1 is 1.33 bits per heavy atom. The van der Waals surface area contributed by atoms with Gasteiger partial charge in [-0.2, -0.15) is 0 Å². The highest BCUT2D eigenvalue weighted by atomic mass is 35.5. The largest absolute Gasteiger partial charge is 0.469 e. The molecule has 21 heavy (non-hydrogen) atoms. The van der Waals surface area contributed by atoms with Gasteiger partial charge in [-0.05, 0) is 24.0 Å². The van der Waals surface area contributed by atoms with Gasteiger partial charge >= 0.3 is 5.97 Å². The van der Waals surface area contributed by atoms with E-state index in [0.29, 0.717) is 0 Å². The van der Waals surface area contributed by atoms with Crippen molar-refractivity contribution < 1.29 is 14.3 Å². The van der Waals surface area contributed by atoms with Crippen LogP contribution in [0.2, 0.25) is 0 Å². The third-order valence-corrected chi connectivity index (χ3v) is 3.57. The molecule has 1 amide bonds. The first-order chi connectivity index (χ1) is 9.60. The number of nitrogens with two attached hydrogens (primary N) is 1. The van der Waals surface area contributed by atoms with Gasteiger partial charge in [-0.1, -0.05) is 12.1 Å². The van der Waals surface area contributed by atoms with Crippen LogP contribution in [0.15, 0.2) is 29.2 Å². The number of halogens is 1. The standard InChI is InChI=1S/C14H20N2O3S.ClH/c1-19-14(18)9-12(16-13(17)7-8-15)10-3-5-11(20-2)6-4-10;/h3-6,12H,7-9,15H2,1-2H3,(H,16,17);1H. The number of benzene rings is 1. The Balaban J connectivity index is 0.00000400. The van der Waals surface area contributed by atoms with E-state index in [1.165, 1.54) is 7.11 Å². The van der Waals surface area contributed by atoms with Crippen LogP contribution in [0, 0.1) is 0 Å². The average Bonchev–Trinajstić information content (AvgIpc) is 2.46. The first-order valence-electron chi connectivity index (χ1n) is 6.31. The Labute approximate surface area is 135 Å². The van der Waals surface area contributed by atoms with Crippen LogP contribution in [-0.4, -0.2) is 31.8 Å². The van der Waals surface area contributed by atoms with Crippen molar-refractivity contribution in [3.63, 3.8) is 0 Å². The van der Waals surface area contributed by atoms with E-state index in [4.69, 9.17) is 5.73 Å². The Morgan fingerprint density at radius 2 is 1.95 bits per heavy atom. The summed E-state index contributed by atoms with van der Waals surface area (Å²) in [6, 6.07) is 7.33. The number of thioether (sulfide) groups is 1. The zero-order valence-corrected chi connectivity index (χ0v) is 13.8. The van der Waals surface area contributed by atoms with Crippen molar-refractivity contribution in [2.24, 2.45) is 5.73 Å². The van der Waals surface area contributed by atoms with E-state index in [1.807, 2.05) is 30.5 Å². The molecular formula is C14H21ClN2O3S. The summed E-state index contributed by atoms with van der Waals surface area (Å²) in [6.07, 6.45) is 2.33. The molecule has 0 saturated carbocycles. The van der Waals surface area contributed by atoms with E-state index in [-0.39, 0.29) is 43.7 Å². The molecule has 0 spiro atoms. The third kappa shape index (κ3) is 6.84. The second-order valence-electron chi connectivity index (χ2n) is 4.21. The molecule has 1 rings (SSSR count). The van der Waals surface area contributed by atoms with Crippen LogP contribution < -0.4 is 11.1 Å². The van der Waals surface area contributed by atoms with E-state index >= 15 is 0 Å². The molecule has 0 aliphatic rings. The summed E-state index contributed by atoms with van der Waals surface area (Å²) in [7, 11) is 1.33. The zero-order chi connectivity index (χ0) is 15.0. The lowest BCUT2D eigenvalue weighted by Crippen LogP contribution is -2.31. The molecular weight excluding hydrogens is 312 g/mol. The number of nitrogens with one attached hydrogen (secondary N) is 1. The Bertz CT molecular complexity index is 454. The van der Waals surface area contributed by atoms with Gasteiger partial charge in [-0.25, -0.2) is 0 Å². The topological polar surface area (TPSA) is 81.4 Å². The predicted octanol–water partition coefficient (Wildman–Crippen LogP) is 1.90. The SMILES string of the molecule is COC(=O)CC(NC(=O)CCN)c1ccc(SC)cc1.Cl. The van der Waals surface area contributed by atoms with Crippen LogP contribution in [0.3, 0.4) is 0 Å². The van der Waals surface area contributed by atoms with Crippen molar-refractivity contribution >= 4 is 36.0 Å². The molecule has 5 nitrogen and oxygen atoms in total. The lowest BCUT2D eigenvalue weighted by molar-refractivity contribution is -0.141. The number of methoxy groups -OCH3 is 1. The molecule has 0 fully saturated rings. The van der Waals surface area contributed by atoms with Gasteiger partial charge in [-0.3, -0.25) is 9.59 Å². The van der Waals surface area contributed by atoms with Crippen LogP contribution in [-0.2, 0) is 14.3 Å². The average molecular weight is 333 g/mol. The monoisotopic (exact) mass is 332 g/mol.